The summed E-state index contributed by atoms with van der Waals surface area (Å²) in [7, 11) is 0. The normalized spacial score (nSPS) is 10.4. The van der Waals surface area contributed by atoms with Crippen LogP contribution in [0.25, 0.3) is 22.4 Å². The molecule has 0 N–H and O–H groups in total. The Morgan fingerprint density at radius 2 is 1.68 bits per heavy atom. The van der Waals surface area contributed by atoms with Crippen molar-refractivity contribution in [2.24, 2.45) is 0 Å². The molecule has 0 atom stereocenters. The van der Waals surface area contributed by atoms with E-state index in [-0.39, 0.29) is 0 Å². The molecule has 0 aliphatic heterocycles. The Kier molecular flexibility index (Phi) is 3.02. The van der Waals surface area contributed by atoms with Gasteiger partial charge in [0.25, 0.3) is 0 Å². The van der Waals surface area contributed by atoms with E-state index in [1.54, 1.807) is 12.4 Å². The first-order valence-electron chi connectivity index (χ1n) is 6.15. The SMILES string of the molecule is Cc1nncc(-c2ccccn2)c1-c1ccccc1. The van der Waals surface area contributed by atoms with E-state index in [9.17, 15) is 0 Å². The van der Waals surface area contributed by atoms with Crippen LogP contribution in [0.2, 0.25) is 0 Å². The first-order valence-corrected chi connectivity index (χ1v) is 6.15. The van der Waals surface area contributed by atoms with Crippen molar-refractivity contribution in [2.45, 2.75) is 6.92 Å². The van der Waals surface area contributed by atoms with Gasteiger partial charge < -0.3 is 0 Å². The predicted molar refractivity (Wildman–Crippen MR) is 75.4 cm³/mol. The Hall–Kier alpha value is -2.55. The van der Waals surface area contributed by atoms with Crippen LogP contribution in [0.4, 0.5) is 0 Å². The summed E-state index contributed by atoms with van der Waals surface area (Å²) in [5.74, 6) is 0. The maximum atomic E-state index is 4.41. The Labute approximate surface area is 112 Å². The number of aromatic nitrogens is 3. The average Bonchev–Trinajstić information content (AvgIpc) is 2.49. The maximum absolute atomic E-state index is 4.41. The molecule has 0 bridgehead atoms. The van der Waals surface area contributed by atoms with E-state index in [1.165, 1.54) is 0 Å². The quantitative estimate of drug-likeness (QED) is 0.695. The fourth-order valence-corrected chi connectivity index (χ4v) is 2.17. The number of benzene rings is 1. The van der Waals surface area contributed by atoms with Crippen LogP contribution >= 0.6 is 0 Å². The van der Waals surface area contributed by atoms with Gasteiger partial charge in [-0.15, -0.1) is 0 Å². The summed E-state index contributed by atoms with van der Waals surface area (Å²) < 4.78 is 0. The molecule has 0 fully saturated rings. The fraction of sp³-hybridized carbons (Fsp3) is 0.0625. The highest BCUT2D eigenvalue weighted by atomic mass is 15.1. The highest BCUT2D eigenvalue weighted by Crippen LogP contribution is 2.31. The van der Waals surface area contributed by atoms with E-state index in [0.29, 0.717) is 0 Å². The molecule has 0 saturated carbocycles. The highest BCUT2D eigenvalue weighted by molar-refractivity contribution is 5.82. The second-order valence-corrected chi connectivity index (χ2v) is 4.30. The van der Waals surface area contributed by atoms with Gasteiger partial charge in [-0.25, -0.2) is 0 Å². The topological polar surface area (TPSA) is 38.7 Å². The van der Waals surface area contributed by atoms with E-state index >= 15 is 0 Å². The molecular formula is C16H13N3. The lowest BCUT2D eigenvalue weighted by atomic mass is 9.98. The van der Waals surface area contributed by atoms with Gasteiger partial charge in [-0.1, -0.05) is 36.4 Å². The van der Waals surface area contributed by atoms with E-state index in [0.717, 1.165) is 28.1 Å². The van der Waals surface area contributed by atoms with Crippen molar-refractivity contribution in [3.63, 3.8) is 0 Å². The molecule has 1 aromatic carbocycles. The Bertz CT molecular complexity index is 679. The van der Waals surface area contributed by atoms with Crippen molar-refractivity contribution in [1.82, 2.24) is 15.2 Å². The lowest BCUT2D eigenvalue weighted by molar-refractivity contribution is 0.983. The molecule has 0 amide bonds. The Morgan fingerprint density at radius 1 is 0.895 bits per heavy atom. The molecule has 19 heavy (non-hydrogen) atoms. The summed E-state index contributed by atoms with van der Waals surface area (Å²) in [4.78, 5) is 4.41. The van der Waals surface area contributed by atoms with Crippen molar-refractivity contribution in [3.8, 4) is 22.4 Å². The van der Waals surface area contributed by atoms with Gasteiger partial charge in [0.15, 0.2) is 0 Å². The van der Waals surface area contributed by atoms with Crippen LogP contribution < -0.4 is 0 Å². The minimum Gasteiger partial charge on any atom is -0.256 e. The van der Waals surface area contributed by atoms with Crippen molar-refractivity contribution in [2.75, 3.05) is 0 Å². The third-order valence-electron chi connectivity index (χ3n) is 3.03. The monoisotopic (exact) mass is 247 g/mol. The molecular weight excluding hydrogens is 234 g/mol. The molecule has 3 rings (SSSR count). The zero-order valence-corrected chi connectivity index (χ0v) is 10.6. The average molecular weight is 247 g/mol. The third-order valence-corrected chi connectivity index (χ3v) is 3.03. The summed E-state index contributed by atoms with van der Waals surface area (Å²) in [5.41, 5.74) is 5.07. The standard InChI is InChI=1S/C16H13N3/c1-12-16(13-7-3-2-4-8-13)14(11-18-19-12)15-9-5-6-10-17-15/h2-11H,1H3. The largest absolute Gasteiger partial charge is 0.256 e. The van der Waals surface area contributed by atoms with Crippen LogP contribution in [0, 0.1) is 6.92 Å². The molecule has 92 valence electrons. The zero-order valence-electron chi connectivity index (χ0n) is 10.6. The van der Waals surface area contributed by atoms with Gasteiger partial charge in [0.2, 0.25) is 0 Å². The van der Waals surface area contributed by atoms with E-state index in [2.05, 4.69) is 27.3 Å². The van der Waals surface area contributed by atoms with Gasteiger partial charge >= 0.3 is 0 Å². The first kappa shape index (κ1) is 11.5. The van der Waals surface area contributed by atoms with Crippen molar-refractivity contribution in [3.05, 3.63) is 66.6 Å². The molecule has 2 aromatic heterocycles. The number of nitrogens with zero attached hydrogens (tertiary/aromatic N) is 3. The van der Waals surface area contributed by atoms with Crippen LogP contribution in [0.15, 0.2) is 60.9 Å². The second-order valence-electron chi connectivity index (χ2n) is 4.30. The Balaban J connectivity index is 2.25. The van der Waals surface area contributed by atoms with Gasteiger partial charge in [-0.3, -0.25) is 4.98 Å². The van der Waals surface area contributed by atoms with Gasteiger partial charge in [-0.05, 0) is 24.6 Å². The summed E-state index contributed by atoms with van der Waals surface area (Å²) in [6, 6.07) is 16.1. The predicted octanol–water partition coefficient (Wildman–Crippen LogP) is 3.51. The van der Waals surface area contributed by atoms with E-state index in [1.807, 2.05) is 43.3 Å². The number of aryl methyl sites for hydroxylation is 1. The maximum Gasteiger partial charge on any atom is 0.0725 e. The summed E-state index contributed by atoms with van der Waals surface area (Å²) >= 11 is 0. The minimum atomic E-state index is 0.911. The molecule has 0 spiro atoms. The van der Waals surface area contributed by atoms with Gasteiger partial charge in [0, 0.05) is 17.3 Å². The lowest BCUT2D eigenvalue weighted by Crippen LogP contribution is -1.96. The molecule has 3 nitrogen and oxygen atoms in total. The smallest absolute Gasteiger partial charge is 0.0725 e. The van der Waals surface area contributed by atoms with Crippen molar-refractivity contribution < 1.29 is 0 Å². The van der Waals surface area contributed by atoms with Crippen LogP contribution in [0.3, 0.4) is 0 Å². The van der Waals surface area contributed by atoms with E-state index in [4.69, 9.17) is 0 Å². The second kappa shape index (κ2) is 4.98. The van der Waals surface area contributed by atoms with Crippen LogP contribution in [-0.2, 0) is 0 Å². The third kappa shape index (κ3) is 2.22. The molecule has 3 aromatic rings. The molecule has 0 radical (unpaired) electrons. The van der Waals surface area contributed by atoms with Crippen LogP contribution in [0.5, 0.6) is 0 Å². The van der Waals surface area contributed by atoms with Crippen molar-refractivity contribution >= 4 is 0 Å². The van der Waals surface area contributed by atoms with E-state index < -0.39 is 0 Å². The highest BCUT2D eigenvalue weighted by Gasteiger charge is 2.12. The van der Waals surface area contributed by atoms with Crippen LogP contribution in [0.1, 0.15) is 5.69 Å². The molecule has 0 saturated heterocycles. The molecule has 2 heterocycles. The Morgan fingerprint density at radius 3 is 2.42 bits per heavy atom. The summed E-state index contributed by atoms with van der Waals surface area (Å²) in [6.45, 7) is 1.97. The number of hydrogen-bond acceptors (Lipinski definition) is 3. The molecule has 0 aliphatic carbocycles. The lowest BCUT2D eigenvalue weighted by Gasteiger charge is -2.10. The first-order chi connectivity index (χ1) is 9.36. The van der Waals surface area contributed by atoms with Gasteiger partial charge in [0.05, 0.1) is 17.6 Å². The number of pyridine rings is 1. The summed E-state index contributed by atoms with van der Waals surface area (Å²) in [6.07, 6.45) is 3.57. The molecule has 3 heteroatoms. The number of hydrogen-bond donors (Lipinski definition) is 0. The fourth-order valence-electron chi connectivity index (χ4n) is 2.17. The van der Waals surface area contributed by atoms with Gasteiger partial charge in [0.1, 0.15) is 0 Å². The minimum absolute atomic E-state index is 0.911. The number of rotatable bonds is 2. The van der Waals surface area contributed by atoms with Crippen LogP contribution in [-0.4, -0.2) is 15.2 Å². The molecule has 0 aliphatic rings. The molecule has 0 unspecified atom stereocenters. The van der Waals surface area contributed by atoms with Gasteiger partial charge in [-0.2, -0.15) is 10.2 Å². The van der Waals surface area contributed by atoms with Crippen molar-refractivity contribution in [1.29, 1.82) is 0 Å². The zero-order chi connectivity index (χ0) is 13.1. The summed E-state index contributed by atoms with van der Waals surface area (Å²) in [5, 5.41) is 8.22.